The topological polar surface area (TPSA) is 124 Å². The third-order valence-electron chi connectivity index (χ3n) is 7.89. The number of hydrogen-bond acceptors (Lipinski definition) is 8. The largest absolute Gasteiger partial charge is 0.487 e. The molecule has 2 fully saturated rings. The van der Waals surface area contributed by atoms with E-state index in [4.69, 9.17) is 18.9 Å². The van der Waals surface area contributed by atoms with Crippen molar-refractivity contribution in [2.45, 2.75) is 44.4 Å². The van der Waals surface area contributed by atoms with Gasteiger partial charge in [0, 0.05) is 31.9 Å². The molecular formula is C32H29F2N3O8. The molecule has 1 unspecified atom stereocenters. The number of methoxy groups -OCH3 is 1. The third-order valence-corrected chi connectivity index (χ3v) is 7.89. The van der Waals surface area contributed by atoms with E-state index in [2.05, 4.69) is 5.32 Å². The Bertz CT molecular complexity index is 1660. The van der Waals surface area contributed by atoms with Gasteiger partial charge in [-0.05, 0) is 54.4 Å². The lowest BCUT2D eigenvalue weighted by Crippen LogP contribution is -2.52. The Morgan fingerprint density at radius 2 is 1.67 bits per heavy atom. The predicted octanol–water partition coefficient (Wildman–Crippen LogP) is 4.98. The van der Waals surface area contributed by atoms with Gasteiger partial charge in [0.05, 0.1) is 37.3 Å². The molecule has 1 atom stereocenters. The molecule has 0 spiro atoms. The van der Waals surface area contributed by atoms with Gasteiger partial charge in [-0.2, -0.15) is 0 Å². The van der Waals surface area contributed by atoms with Crippen LogP contribution in [0.4, 0.5) is 25.0 Å². The highest BCUT2D eigenvalue weighted by molar-refractivity contribution is 6.09. The second kappa shape index (κ2) is 12.5. The summed E-state index contributed by atoms with van der Waals surface area (Å²) in [7, 11) is 1.14. The van der Waals surface area contributed by atoms with Gasteiger partial charge in [-0.3, -0.25) is 19.7 Å². The average molecular weight is 622 g/mol. The van der Waals surface area contributed by atoms with Crippen molar-refractivity contribution < 1.29 is 46.9 Å². The molecule has 0 aromatic heterocycles. The molecular weight excluding hydrogens is 592 g/mol. The molecule has 3 aliphatic rings. The number of benzene rings is 3. The lowest BCUT2D eigenvalue weighted by Gasteiger charge is -2.30. The van der Waals surface area contributed by atoms with Crippen molar-refractivity contribution in [2.75, 3.05) is 25.2 Å². The first-order valence-corrected chi connectivity index (χ1v) is 14.4. The Balaban J connectivity index is 1.40. The highest BCUT2D eigenvalue weighted by Gasteiger charge is 2.42. The highest BCUT2D eigenvalue weighted by atomic mass is 19.1. The summed E-state index contributed by atoms with van der Waals surface area (Å²) in [5.41, 5.74) is 0.521. The SMILES string of the molecule is COC(=O)N(c1ccc(Oc2ccc(F)cc2)cc1F)c1ccc2c(c1OC1CCOCC1)C(=O)N(C1CCC(=O)NC1=O)C2. The van der Waals surface area contributed by atoms with Gasteiger partial charge in [-0.1, -0.05) is 6.07 Å². The standard InChI is InChI=1S/C32H29F2N3O8/c1-42-32(41)37(24-9-7-22(16-23(24)34)44-20-5-3-19(33)4-6-20)25-8-2-18-17-36(26-10-11-27(38)35-30(26)39)31(40)28(18)29(25)45-21-12-14-43-15-13-21/h2-9,16,21,26H,10-15,17H2,1H3,(H,35,38,39). The fourth-order valence-electron chi connectivity index (χ4n) is 5.65. The molecule has 11 nitrogen and oxygen atoms in total. The molecule has 0 saturated carbocycles. The molecule has 3 aromatic rings. The average Bonchev–Trinajstić information content (AvgIpc) is 3.36. The Morgan fingerprint density at radius 1 is 0.956 bits per heavy atom. The molecule has 3 aliphatic heterocycles. The van der Waals surface area contributed by atoms with Crippen LogP contribution in [0.15, 0.2) is 54.6 Å². The lowest BCUT2D eigenvalue weighted by atomic mass is 10.0. The van der Waals surface area contributed by atoms with Gasteiger partial charge in [-0.15, -0.1) is 0 Å². The number of piperidine rings is 1. The Hall–Kier alpha value is -5.04. The number of fused-ring (bicyclic) bond motifs is 1. The Labute approximate surface area is 256 Å². The van der Waals surface area contributed by atoms with Crippen molar-refractivity contribution in [2.24, 2.45) is 0 Å². The first-order chi connectivity index (χ1) is 21.7. The summed E-state index contributed by atoms with van der Waals surface area (Å²) >= 11 is 0. The van der Waals surface area contributed by atoms with Crippen LogP contribution < -0.4 is 19.7 Å². The molecule has 6 rings (SSSR count). The molecule has 0 aliphatic carbocycles. The van der Waals surface area contributed by atoms with E-state index in [1.54, 1.807) is 6.07 Å². The molecule has 4 amide bonds. The van der Waals surface area contributed by atoms with Gasteiger partial charge >= 0.3 is 6.09 Å². The van der Waals surface area contributed by atoms with Crippen molar-refractivity contribution in [3.05, 3.63) is 77.4 Å². The van der Waals surface area contributed by atoms with Crippen molar-refractivity contribution in [3.8, 4) is 17.2 Å². The fraction of sp³-hybridized carbons (Fsp3) is 0.312. The summed E-state index contributed by atoms with van der Waals surface area (Å²) < 4.78 is 51.6. The van der Waals surface area contributed by atoms with Crippen LogP contribution in [0.1, 0.15) is 41.6 Å². The van der Waals surface area contributed by atoms with E-state index in [0.717, 1.165) is 18.1 Å². The Morgan fingerprint density at radius 3 is 2.36 bits per heavy atom. The molecule has 1 N–H and O–H groups in total. The number of amides is 4. The molecule has 13 heteroatoms. The summed E-state index contributed by atoms with van der Waals surface area (Å²) in [6.07, 6.45) is -0.0580. The molecule has 0 bridgehead atoms. The molecule has 45 heavy (non-hydrogen) atoms. The molecule has 2 saturated heterocycles. The minimum atomic E-state index is -0.953. The molecule has 3 heterocycles. The van der Waals surface area contributed by atoms with Crippen LogP contribution in [0.5, 0.6) is 17.2 Å². The zero-order chi connectivity index (χ0) is 31.7. The van der Waals surface area contributed by atoms with Gasteiger partial charge in [0.1, 0.15) is 29.5 Å². The maximum Gasteiger partial charge on any atom is 0.418 e. The van der Waals surface area contributed by atoms with Crippen LogP contribution in [0, 0.1) is 11.6 Å². The van der Waals surface area contributed by atoms with E-state index in [-0.39, 0.29) is 59.7 Å². The van der Waals surface area contributed by atoms with Gasteiger partial charge in [-0.25, -0.2) is 18.5 Å². The number of carbonyl (C=O) groups excluding carboxylic acids is 4. The highest BCUT2D eigenvalue weighted by Crippen LogP contribution is 2.45. The van der Waals surface area contributed by atoms with Crippen molar-refractivity contribution in [1.82, 2.24) is 10.2 Å². The summed E-state index contributed by atoms with van der Waals surface area (Å²) in [4.78, 5) is 54.0. The van der Waals surface area contributed by atoms with Crippen molar-refractivity contribution in [3.63, 3.8) is 0 Å². The summed E-state index contributed by atoms with van der Waals surface area (Å²) in [6, 6.07) is 11.3. The van der Waals surface area contributed by atoms with Crippen molar-refractivity contribution in [1.29, 1.82) is 0 Å². The van der Waals surface area contributed by atoms with E-state index in [1.165, 1.54) is 47.4 Å². The van der Waals surface area contributed by atoms with Gasteiger partial charge in [0.15, 0.2) is 11.6 Å². The minimum Gasteiger partial charge on any atom is -0.487 e. The summed E-state index contributed by atoms with van der Waals surface area (Å²) in [5, 5.41) is 2.28. The zero-order valence-corrected chi connectivity index (χ0v) is 24.2. The Kier molecular flexibility index (Phi) is 8.35. The van der Waals surface area contributed by atoms with E-state index < -0.39 is 41.5 Å². The van der Waals surface area contributed by atoms with Crippen molar-refractivity contribution >= 4 is 35.2 Å². The smallest absolute Gasteiger partial charge is 0.418 e. The number of halogens is 2. The summed E-state index contributed by atoms with van der Waals surface area (Å²) in [5.74, 6) is -2.39. The quantitative estimate of drug-likeness (QED) is 0.367. The summed E-state index contributed by atoms with van der Waals surface area (Å²) in [6.45, 7) is 0.930. The molecule has 0 radical (unpaired) electrons. The van der Waals surface area contributed by atoms with Crippen LogP contribution in [0.2, 0.25) is 0 Å². The van der Waals surface area contributed by atoms with Gasteiger partial charge in [0.25, 0.3) is 5.91 Å². The normalized spacial score (nSPS) is 18.3. The van der Waals surface area contributed by atoms with Crippen LogP contribution in [0.3, 0.4) is 0 Å². The number of rotatable bonds is 7. The molecule has 234 valence electrons. The monoisotopic (exact) mass is 621 g/mol. The number of nitrogens with zero attached hydrogens (tertiary/aromatic N) is 2. The number of ether oxygens (including phenoxy) is 4. The van der Waals surface area contributed by atoms with Gasteiger partial charge < -0.3 is 23.8 Å². The van der Waals surface area contributed by atoms with E-state index >= 15 is 4.39 Å². The third kappa shape index (κ3) is 6.03. The maximum absolute atomic E-state index is 15.8. The van der Waals surface area contributed by atoms with Crippen LogP contribution in [0.25, 0.3) is 0 Å². The minimum absolute atomic E-state index is 0.0376. The van der Waals surface area contributed by atoms with Crippen LogP contribution >= 0.6 is 0 Å². The lowest BCUT2D eigenvalue weighted by molar-refractivity contribution is -0.136. The first-order valence-electron chi connectivity index (χ1n) is 14.4. The van der Waals surface area contributed by atoms with E-state index in [9.17, 15) is 23.6 Å². The maximum atomic E-state index is 15.8. The number of nitrogens with one attached hydrogen (secondary N) is 1. The first kappa shape index (κ1) is 30.0. The fourth-order valence-corrected chi connectivity index (χ4v) is 5.65. The van der Waals surface area contributed by atoms with E-state index in [1.807, 2.05) is 0 Å². The number of anilines is 2. The van der Waals surface area contributed by atoms with Gasteiger partial charge in [0.2, 0.25) is 11.8 Å². The second-order valence-corrected chi connectivity index (χ2v) is 10.8. The predicted molar refractivity (Wildman–Crippen MR) is 154 cm³/mol. The number of hydrogen-bond donors (Lipinski definition) is 1. The van der Waals surface area contributed by atoms with Crippen LogP contribution in [-0.2, 0) is 25.6 Å². The molecule has 3 aromatic carbocycles. The van der Waals surface area contributed by atoms with Crippen LogP contribution in [-0.4, -0.2) is 61.2 Å². The second-order valence-electron chi connectivity index (χ2n) is 10.8. The number of carbonyl (C=O) groups is 4. The van der Waals surface area contributed by atoms with E-state index in [0.29, 0.717) is 31.6 Å². The number of imide groups is 1. The zero-order valence-electron chi connectivity index (χ0n) is 24.2.